The molecule has 0 amide bonds. The largest absolute Gasteiger partial charge is 0.378 e. The first kappa shape index (κ1) is 15.0. The van der Waals surface area contributed by atoms with E-state index in [0.29, 0.717) is 17.9 Å². The molecule has 0 saturated carbocycles. The van der Waals surface area contributed by atoms with Crippen LogP contribution in [0.3, 0.4) is 0 Å². The predicted octanol–water partition coefficient (Wildman–Crippen LogP) is 6.82. The van der Waals surface area contributed by atoms with Gasteiger partial charge in [-0.25, -0.2) is 0 Å². The third-order valence-electron chi connectivity index (χ3n) is 6.41. The minimum Gasteiger partial charge on any atom is -0.378 e. The lowest BCUT2D eigenvalue weighted by Gasteiger charge is -2.38. The SMILES string of the molecule is C1=C[C@@H]2c3c(ccc4ccccc34)N[C@@H](c3cccc4ccccc34)[C@@H]2C1. The summed E-state index contributed by atoms with van der Waals surface area (Å²) in [5.41, 5.74) is 4.19. The number of allylic oxidation sites excluding steroid dienone is 2. The minimum atomic E-state index is 0.338. The van der Waals surface area contributed by atoms with E-state index in [9.17, 15) is 0 Å². The molecule has 0 aromatic heterocycles. The molecule has 3 atom stereocenters. The van der Waals surface area contributed by atoms with Gasteiger partial charge < -0.3 is 5.32 Å². The minimum absolute atomic E-state index is 0.338. The van der Waals surface area contributed by atoms with Crippen molar-refractivity contribution in [3.05, 3.63) is 102 Å². The monoisotopic (exact) mass is 347 g/mol. The van der Waals surface area contributed by atoms with Crippen molar-refractivity contribution >= 4 is 27.2 Å². The van der Waals surface area contributed by atoms with E-state index >= 15 is 0 Å². The Labute approximate surface area is 159 Å². The molecule has 0 radical (unpaired) electrons. The molecule has 130 valence electrons. The quantitative estimate of drug-likeness (QED) is 0.373. The highest BCUT2D eigenvalue weighted by Gasteiger charge is 2.39. The molecule has 2 aliphatic rings. The number of rotatable bonds is 1. The Balaban J connectivity index is 1.57. The van der Waals surface area contributed by atoms with Crippen LogP contribution in [0.5, 0.6) is 0 Å². The number of nitrogens with one attached hydrogen (secondary N) is 1. The van der Waals surface area contributed by atoms with E-state index in [1.54, 1.807) is 0 Å². The molecular weight excluding hydrogens is 326 g/mol. The first-order valence-electron chi connectivity index (χ1n) is 9.83. The van der Waals surface area contributed by atoms with Crippen molar-refractivity contribution in [3.8, 4) is 0 Å². The molecule has 1 N–H and O–H groups in total. The number of fused-ring (bicyclic) bond motifs is 6. The van der Waals surface area contributed by atoms with Crippen LogP contribution in [-0.4, -0.2) is 0 Å². The van der Waals surface area contributed by atoms with Gasteiger partial charge in [0.05, 0.1) is 6.04 Å². The van der Waals surface area contributed by atoms with E-state index < -0.39 is 0 Å². The fourth-order valence-electron chi connectivity index (χ4n) is 5.21. The first-order chi connectivity index (χ1) is 13.4. The van der Waals surface area contributed by atoms with Crippen molar-refractivity contribution in [2.45, 2.75) is 18.4 Å². The zero-order chi connectivity index (χ0) is 17.8. The van der Waals surface area contributed by atoms with Crippen LogP contribution >= 0.6 is 0 Å². The van der Waals surface area contributed by atoms with E-state index in [0.717, 1.165) is 6.42 Å². The first-order valence-corrected chi connectivity index (χ1v) is 9.83. The topological polar surface area (TPSA) is 12.0 Å². The summed E-state index contributed by atoms with van der Waals surface area (Å²) in [6, 6.07) is 29.1. The summed E-state index contributed by atoms with van der Waals surface area (Å²) in [5, 5.41) is 9.34. The van der Waals surface area contributed by atoms with Crippen LogP contribution in [0.15, 0.2) is 91.0 Å². The Kier molecular flexibility index (Phi) is 3.19. The second-order valence-corrected chi connectivity index (χ2v) is 7.79. The fourth-order valence-corrected chi connectivity index (χ4v) is 5.21. The Morgan fingerprint density at radius 3 is 2.33 bits per heavy atom. The smallest absolute Gasteiger partial charge is 0.0560 e. The van der Waals surface area contributed by atoms with Crippen LogP contribution < -0.4 is 5.32 Å². The van der Waals surface area contributed by atoms with Crippen LogP contribution in [0.1, 0.15) is 29.5 Å². The summed E-state index contributed by atoms with van der Waals surface area (Å²) >= 11 is 0. The van der Waals surface area contributed by atoms with Crippen LogP contribution in [-0.2, 0) is 0 Å². The van der Waals surface area contributed by atoms with E-state index in [1.807, 2.05) is 0 Å². The highest BCUT2D eigenvalue weighted by Crippen LogP contribution is 2.52. The van der Waals surface area contributed by atoms with Gasteiger partial charge in [-0.05, 0) is 51.1 Å². The van der Waals surface area contributed by atoms with Crippen LogP contribution in [0.2, 0.25) is 0 Å². The number of anilines is 1. The second-order valence-electron chi connectivity index (χ2n) is 7.79. The zero-order valence-electron chi connectivity index (χ0n) is 15.1. The summed E-state index contributed by atoms with van der Waals surface area (Å²) in [6.45, 7) is 0. The third kappa shape index (κ3) is 2.18. The molecule has 0 spiro atoms. The molecular formula is C26H21N. The average Bonchev–Trinajstić information content (AvgIpc) is 3.22. The van der Waals surface area contributed by atoms with Gasteiger partial charge in [-0.1, -0.05) is 84.9 Å². The van der Waals surface area contributed by atoms with Crippen LogP contribution in [0, 0.1) is 5.92 Å². The molecule has 4 aromatic rings. The van der Waals surface area contributed by atoms with Crippen molar-refractivity contribution in [3.63, 3.8) is 0 Å². The Hall–Kier alpha value is -3.06. The molecule has 1 nitrogen and oxygen atoms in total. The molecule has 1 aliphatic heterocycles. The molecule has 0 bridgehead atoms. The maximum absolute atomic E-state index is 3.93. The van der Waals surface area contributed by atoms with Crippen LogP contribution in [0.4, 0.5) is 5.69 Å². The lowest BCUT2D eigenvalue weighted by molar-refractivity contribution is 0.429. The zero-order valence-corrected chi connectivity index (χ0v) is 15.1. The van der Waals surface area contributed by atoms with E-state index in [-0.39, 0.29) is 0 Å². The van der Waals surface area contributed by atoms with E-state index in [4.69, 9.17) is 0 Å². The molecule has 0 fully saturated rings. The van der Waals surface area contributed by atoms with Gasteiger partial charge in [-0.2, -0.15) is 0 Å². The van der Waals surface area contributed by atoms with Crippen molar-refractivity contribution < 1.29 is 0 Å². The highest BCUT2D eigenvalue weighted by atomic mass is 15.0. The molecule has 0 unspecified atom stereocenters. The van der Waals surface area contributed by atoms with Crippen molar-refractivity contribution in [2.75, 3.05) is 5.32 Å². The van der Waals surface area contributed by atoms with Crippen LogP contribution in [0.25, 0.3) is 21.5 Å². The summed E-state index contributed by atoms with van der Waals surface area (Å²) in [6.07, 6.45) is 5.95. The van der Waals surface area contributed by atoms with Gasteiger partial charge in [0.2, 0.25) is 0 Å². The Morgan fingerprint density at radius 2 is 1.44 bits per heavy atom. The summed E-state index contributed by atoms with van der Waals surface area (Å²) in [4.78, 5) is 0. The second kappa shape index (κ2) is 5.72. The number of hydrogen-bond donors (Lipinski definition) is 1. The average molecular weight is 347 g/mol. The predicted molar refractivity (Wildman–Crippen MR) is 114 cm³/mol. The number of hydrogen-bond acceptors (Lipinski definition) is 1. The van der Waals surface area contributed by atoms with Crippen molar-refractivity contribution in [2.24, 2.45) is 5.92 Å². The van der Waals surface area contributed by atoms with Gasteiger partial charge in [-0.15, -0.1) is 0 Å². The fraction of sp³-hybridized carbons (Fsp3) is 0.154. The molecule has 4 aromatic carbocycles. The molecule has 27 heavy (non-hydrogen) atoms. The summed E-state index contributed by atoms with van der Waals surface area (Å²) in [7, 11) is 0. The summed E-state index contributed by atoms with van der Waals surface area (Å²) < 4.78 is 0. The molecule has 6 rings (SSSR count). The van der Waals surface area contributed by atoms with Gasteiger partial charge in [0.25, 0.3) is 0 Å². The molecule has 1 aliphatic carbocycles. The lowest BCUT2D eigenvalue weighted by atomic mass is 9.75. The lowest BCUT2D eigenvalue weighted by Crippen LogP contribution is -2.29. The number of benzene rings is 4. The standard InChI is InChI=1S/C26H21N/c1-3-10-19-17(7-1)9-5-13-22(19)26-23-14-6-12-21(23)25-20-11-4-2-8-18(20)15-16-24(25)27-26/h1-13,15-16,21,23,26-27H,14H2/t21-,23+,26-/m0/s1. The van der Waals surface area contributed by atoms with Gasteiger partial charge in [-0.3, -0.25) is 0 Å². The van der Waals surface area contributed by atoms with Gasteiger partial charge in [0, 0.05) is 11.6 Å². The van der Waals surface area contributed by atoms with Gasteiger partial charge in [0.15, 0.2) is 0 Å². The van der Waals surface area contributed by atoms with Gasteiger partial charge >= 0.3 is 0 Å². The maximum Gasteiger partial charge on any atom is 0.0560 e. The normalized spacial score (nSPS) is 23.2. The molecule has 0 saturated heterocycles. The molecule has 1 heterocycles. The Bertz CT molecular complexity index is 1200. The van der Waals surface area contributed by atoms with Crippen molar-refractivity contribution in [1.82, 2.24) is 0 Å². The van der Waals surface area contributed by atoms with E-state index in [1.165, 1.54) is 38.4 Å². The highest BCUT2D eigenvalue weighted by molar-refractivity contribution is 5.92. The van der Waals surface area contributed by atoms with Crippen molar-refractivity contribution in [1.29, 1.82) is 0 Å². The Morgan fingerprint density at radius 1 is 0.704 bits per heavy atom. The summed E-state index contributed by atoms with van der Waals surface area (Å²) in [5.74, 6) is 1.05. The third-order valence-corrected chi connectivity index (χ3v) is 6.41. The molecule has 1 heteroatoms. The van der Waals surface area contributed by atoms with Gasteiger partial charge in [0.1, 0.15) is 0 Å². The maximum atomic E-state index is 3.93. The van der Waals surface area contributed by atoms with E-state index in [2.05, 4.69) is 96.3 Å².